The number of hydrogen-bond acceptors (Lipinski definition) is 3. The molecule has 0 atom stereocenters. The Kier molecular flexibility index (Phi) is 7.63. The van der Waals surface area contributed by atoms with E-state index in [0.29, 0.717) is 24.4 Å². The molecule has 0 spiro atoms. The van der Waals surface area contributed by atoms with Crippen molar-refractivity contribution in [2.75, 3.05) is 6.54 Å². The molecule has 0 bridgehead atoms. The van der Waals surface area contributed by atoms with E-state index in [2.05, 4.69) is 4.72 Å². The van der Waals surface area contributed by atoms with Crippen molar-refractivity contribution in [1.29, 1.82) is 0 Å². The van der Waals surface area contributed by atoms with E-state index in [4.69, 9.17) is 16.7 Å². The quantitative estimate of drug-likeness (QED) is 0.601. The predicted octanol–water partition coefficient (Wildman–Crippen LogP) is 3.66. The van der Waals surface area contributed by atoms with Gasteiger partial charge in [0, 0.05) is 18.0 Å². The third-order valence-electron chi connectivity index (χ3n) is 3.94. The number of nitrogens with one attached hydrogen (secondary N) is 1. The highest BCUT2D eigenvalue weighted by molar-refractivity contribution is 7.89. The van der Waals surface area contributed by atoms with E-state index in [9.17, 15) is 13.2 Å². The van der Waals surface area contributed by atoms with Crippen LogP contribution in [0.5, 0.6) is 0 Å². The smallest absolute Gasteiger partial charge is 0.303 e. The molecule has 140 valence electrons. The number of carboxylic acids is 1. The maximum absolute atomic E-state index is 12.2. The molecule has 5 nitrogen and oxygen atoms in total. The van der Waals surface area contributed by atoms with Crippen LogP contribution in [0.4, 0.5) is 0 Å². The second-order valence-electron chi connectivity index (χ2n) is 6.02. The van der Waals surface area contributed by atoms with E-state index in [0.717, 1.165) is 24.0 Å². The standard InChI is InChI=1S/C19H22ClNO4S/c20-17-10-12-18(13-11-17)26(24,25)21-14-2-4-16-8-6-15(7-9-16)3-1-5-19(22)23/h6-13,21H,1-5,14H2,(H,22,23). The van der Waals surface area contributed by atoms with Crippen molar-refractivity contribution in [1.82, 2.24) is 4.72 Å². The Morgan fingerprint density at radius 1 is 0.923 bits per heavy atom. The van der Waals surface area contributed by atoms with Gasteiger partial charge in [-0.25, -0.2) is 13.1 Å². The number of halogens is 1. The molecule has 0 radical (unpaired) electrons. The maximum atomic E-state index is 12.2. The zero-order chi connectivity index (χ0) is 19.0. The fourth-order valence-corrected chi connectivity index (χ4v) is 3.71. The molecule has 0 heterocycles. The van der Waals surface area contributed by atoms with Crippen LogP contribution in [0.3, 0.4) is 0 Å². The van der Waals surface area contributed by atoms with Crippen molar-refractivity contribution in [3.63, 3.8) is 0 Å². The predicted molar refractivity (Wildman–Crippen MR) is 102 cm³/mol. The van der Waals surface area contributed by atoms with Gasteiger partial charge in [-0.05, 0) is 61.1 Å². The third kappa shape index (κ3) is 6.78. The van der Waals surface area contributed by atoms with E-state index in [1.165, 1.54) is 12.1 Å². The molecule has 2 rings (SSSR count). The molecule has 0 aliphatic carbocycles. The van der Waals surface area contributed by atoms with Crippen molar-refractivity contribution in [3.8, 4) is 0 Å². The average Bonchev–Trinajstić information content (AvgIpc) is 2.60. The van der Waals surface area contributed by atoms with E-state index >= 15 is 0 Å². The molecule has 2 N–H and O–H groups in total. The monoisotopic (exact) mass is 395 g/mol. The van der Waals surface area contributed by atoms with E-state index < -0.39 is 16.0 Å². The van der Waals surface area contributed by atoms with Gasteiger partial charge < -0.3 is 5.11 Å². The molecular formula is C19H22ClNO4S. The highest BCUT2D eigenvalue weighted by atomic mass is 35.5. The maximum Gasteiger partial charge on any atom is 0.303 e. The summed E-state index contributed by atoms with van der Waals surface area (Å²) in [5.74, 6) is -0.775. The van der Waals surface area contributed by atoms with Crippen LogP contribution in [0, 0.1) is 0 Å². The van der Waals surface area contributed by atoms with Gasteiger partial charge in [-0.1, -0.05) is 35.9 Å². The van der Waals surface area contributed by atoms with Gasteiger partial charge in [-0.15, -0.1) is 0 Å². The lowest BCUT2D eigenvalue weighted by Gasteiger charge is -2.07. The topological polar surface area (TPSA) is 83.5 Å². The molecule has 0 aliphatic heterocycles. The first-order valence-corrected chi connectivity index (χ1v) is 10.3. The zero-order valence-electron chi connectivity index (χ0n) is 14.3. The van der Waals surface area contributed by atoms with Crippen molar-refractivity contribution in [3.05, 3.63) is 64.7 Å². The molecule has 7 heteroatoms. The Labute approximate surface area is 159 Å². The fraction of sp³-hybridized carbons (Fsp3) is 0.316. The van der Waals surface area contributed by atoms with Crippen LogP contribution in [0.25, 0.3) is 0 Å². The molecule has 2 aromatic rings. The van der Waals surface area contributed by atoms with E-state index in [1.54, 1.807) is 12.1 Å². The summed E-state index contributed by atoms with van der Waals surface area (Å²) >= 11 is 5.77. The largest absolute Gasteiger partial charge is 0.481 e. The van der Waals surface area contributed by atoms with Crippen molar-refractivity contribution < 1.29 is 18.3 Å². The molecular weight excluding hydrogens is 374 g/mol. The molecule has 2 aromatic carbocycles. The highest BCUT2D eigenvalue weighted by Crippen LogP contribution is 2.14. The number of hydrogen-bond donors (Lipinski definition) is 2. The summed E-state index contributed by atoms with van der Waals surface area (Å²) in [4.78, 5) is 10.7. The number of aliphatic carboxylic acids is 1. The van der Waals surface area contributed by atoms with Crippen LogP contribution in [-0.4, -0.2) is 26.0 Å². The first-order valence-electron chi connectivity index (χ1n) is 8.42. The van der Waals surface area contributed by atoms with Gasteiger partial charge in [-0.2, -0.15) is 0 Å². The lowest BCUT2D eigenvalue weighted by Crippen LogP contribution is -2.25. The summed E-state index contributed by atoms with van der Waals surface area (Å²) in [7, 11) is -3.51. The van der Waals surface area contributed by atoms with Crippen LogP contribution < -0.4 is 4.72 Å². The van der Waals surface area contributed by atoms with Crippen LogP contribution in [0.1, 0.15) is 30.4 Å². The third-order valence-corrected chi connectivity index (χ3v) is 5.67. The number of sulfonamides is 1. The number of aryl methyl sites for hydroxylation is 2. The van der Waals surface area contributed by atoms with Gasteiger partial charge in [0.2, 0.25) is 10.0 Å². The van der Waals surface area contributed by atoms with Gasteiger partial charge in [-0.3, -0.25) is 4.79 Å². The first kappa shape index (κ1) is 20.4. The zero-order valence-corrected chi connectivity index (χ0v) is 15.9. The second-order valence-corrected chi connectivity index (χ2v) is 8.22. The minimum Gasteiger partial charge on any atom is -0.481 e. The minimum atomic E-state index is -3.51. The Hall–Kier alpha value is -1.89. The summed E-state index contributed by atoms with van der Waals surface area (Å²) in [5, 5.41) is 9.14. The molecule has 0 aromatic heterocycles. The van der Waals surface area contributed by atoms with Crippen molar-refractivity contribution >= 4 is 27.6 Å². The number of carbonyl (C=O) groups is 1. The average molecular weight is 396 g/mol. The van der Waals surface area contributed by atoms with Crippen LogP contribution in [0.15, 0.2) is 53.4 Å². The summed E-state index contributed by atoms with van der Waals surface area (Å²) in [5.41, 5.74) is 2.23. The van der Waals surface area contributed by atoms with Gasteiger partial charge in [0.1, 0.15) is 0 Å². The Bertz CT molecular complexity index is 818. The lowest BCUT2D eigenvalue weighted by atomic mass is 10.0. The summed E-state index contributed by atoms with van der Waals surface area (Å²) < 4.78 is 26.9. The molecule has 26 heavy (non-hydrogen) atoms. The summed E-state index contributed by atoms with van der Waals surface area (Å²) in [6, 6.07) is 14.1. The highest BCUT2D eigenvalue weighted by Gasteiger charge is 2.12. The normalized spacial score (nSPS) is 11.4. The summed E-state index contributed by atoms with van der Waals surface area (Å²) in [6.45, 7) is 0.353. The van der Waals surface area contributed by atoms with Crippen molar-refractivity contribution in [2.24, 2.45) is 0 Å². The lowest BCUT2D eigenvalue weighted by molar-refractivity contribution is -0.137. The van der Waals surface area contributed by atoms with Crippen LogP contribution in [0.2, 0.25) is 5.02 Å². The molecule has 0 amide bonds. The molecule has 0 unspecified atom stereocenters. The van der Waals surface area contributed by atoms with Gasteiger partial charge >= 0.3 is 5.97 Å². The molecule has 0 saturated heterocycles. The Morgan fingerprint density at radius 2 is 1.46 bits per heavy atom. The first-order chi connectivity index (χ1) is 12.4. The van der Waals surface area contributed by atoms with Crippen LogP contribution >= 0.6 is 11.6 Å². The fourth-order valence-electron chi connectivity index (χ4n) is 2.51. The van der Waals surface area contributed by atoms with Gasteiger partial charge in [0.05, 0.1) is 4.90 Å². The molecule has 0 aliphatic rings. The second kappa shape index (κ2) is 9.71. The Morgan fingerprint density at radius 3 is 2.00 bits per heavy atom. The summed E-state index contributed by atoms with van der Waals surface area (Å²) in [6.07, 6.45) is 2.99. The van der Waals surface area contributed by atoms with Gasteiger partial charge in [0.25, 0.3) is 0 Å². The SMILES string of the molecule is O=C(O)CCCc1ccc(CCCNS(=O)(=O)c2ccc(Cl)cc2)cc1. The minimum absolute atomic E-state index is 0.176. The van der Waals surface area contributed by atoms with E-state index in [1.807, 2.05) is 24.3 Å². The molecule has 0 saturated carbocycles. The molecule has 0 fully saturated rings. The number of carboxylic acid groups (broad SMARTS) is 1. The number of benzene rings is 2. The Balaban J connectivity index is 1.75. The van der Waals surface area contributed by atoms with Gasteiger partial charge in [0.15, 0.2) is 0 Å². The van der Waals surface area contributed by atoms with Crippen LogP contribution in [-0.2, 0) is 27.7 Å². The number of rotatable bonds is 10. The van der Waals surface area contributed by atoms with Crippen molar-refractivity contribution in [2.45, 2.75) is 37.0 Å². The van der Waals surface area contributed by atoms with E-state index in [-0.39, 0.29) is 11.3 Å².